The van der Waals surface area contributed by atoms with E-state index < -0.39 is 0 Å². The van der Waals surface area contributed by atoms with Crippen LogP contribution in [0.1, 0.15) is 10.4 Å². The molecule has 0 saturated heterocycles. The average molecular weight is 312 g/mol. The van der Waals surface area contributed by atoms with Crippen LogP contribution in [0.4, 0.5) is 0 Å². The molecule has 0 amide bonds. The fourth-order valence-corrected chi connectivity index (χ4v) is 2.64. The van der Waals surface area contributed by atoms with E-state index in [-0.39, 0.29) is 12.4 Å². The van der Waals surface area contributed by atoms with Crippen LogP contribution >= 0.6 is 27.3 Å². The fourth-order valence-electron chi connectivity index (χ4n) is 1.30. The number of carbonyl (C=O) groups is 1. The van der Waals surface area contributed by atoms with Crippen molar-refractivity contribution in [2.24, 2.45) is 0 Å². The normalized spacial score (nSPS) is 10.2. The highest BCUT2D eigenvalue weighted by Crippen LogP contribution is 2.19. The molecular formula is C12H10BrNO2S. The lowest BCUT2D eigenvalue weighted by atomic mass is 10.2. The van der Waals surface area contributed by atoms with Crippen molar-refractivity contribution in [2.75, 3.05) is 0 Å². The van der Waals surface area contributed by atoms with E-state index in [1.54, 1.807) is 6.20 Å². The molecule has 0 bridgehead atoms. The van der Waals surface area contributed by atoms with Crippen molar-refractivity contribution in [1.29, 1.82) is 0 Å². The van der Waals surface area contributed by atoms with Gasteiger partial charge < -0.3 is 4.74 Å². The first-order valence-electron chi connectivity index (χ1n) is 5.04. The summed E-state index contributed by atoms with van der Waals surface area (Å²) >= 11 is 4.70. The number of hydrogen-bond acceptors (Lipinski definition) is 4. The quantitative estimate of drug-likeness (QED) is 0.814. The van der Waals surface area contributed by atoms with Crippen LogP contribution in [0.3, 0.4) is 0 Å². The van der Waals surface area contributed by atoms with Gasteiger partial charge in [-0.3, -0.25) is 4.79 Å². The molecule has 0 spiro atoms. The molecule has 17 heavy (non-hydrogen) atoms. The molecule has 0 aliphatic carbocycles. The first-order chi connectivity index (χ1) is 8.24. The molecule has 1 aromatic carbocycles. The second-order valence-electron chi connectivity index (χ2n) is 3.40. The zero-order valence-electron chi connectivity index (χ0n) is 8.93. The molecule has 0 radical (unpaired) electrons. The number of thiazole rings is 1. The number of halogens is 1. The van der Waals surface area contributed by atoms with Gasteiger partial charge in [0.2, 0.25) is 0 Å². The van der Waals surface area contributed by atoms with Crippen molar-refractivity contribution < 1.29 is 9.53 Å². The van der Waals surface area contributed by atoms with E-state index in [2.05, 4.69) is 20.9 Å². The van der Waals surface area contributed by atoms with Crippen LogP contribution in [-0.2, 0) is 22.6 Å². The number of aromatic nitrogens is 1. The molecule has 0 atom stereocenters. The van der Waals surface area contributed by atoms with E-state index in [0.717, 1.165) is 14.4 Å². The molecule has 5 heteroatoms. The zero-order chi connectivity index (χ0) is 12.1. The van der Waals surface area contributed by atoms with E-state index >= 15 is 0 Å². The molecule has 2 rings (SSSR count). The SMILES string of the molecule is O=C(Cc1cnc(Br)s1)OCc1ccccc1. The predicted molar refractivity (Wildman–Crippen MR) is 69.8 cm³/mol. The van der Waals surface area contributed by atoms with Crippen molar-refractivity contribution in [3.8, 4) is 0 Å². The van der Waals surface area contributed by atoms with Crippen LogP contribution in [0.2, 0.25) is 0 Å². The summed E-state index contributed by atoms with van der Waals surface area (Å²) in [6, 6.07) is 9.63. The fraction of sp³-hybridized carbons (Fsp3) is 0.167. The smallest absolute Gasteiger partial charge is 0.311 e. The molecule has 2 aromatic rings. The average Bonchev–Trinajstić information content (AvgIpc) is 2.73. The highest BCUT2D eigenvalue weighted by molar-refractivity contribution is 9.11. The van der Waals surface area contributed by atoms with Crippen molar-refractivity contribution in [1.82, 2.24) is 4.98 Å². The van der Waals surface area contributed by atoms with Gasteiger partial charge in [-0.05, 0) is 21.5 Å². The van der Waals surface area contributed by atoms with Gasteiger partial charge in [0.15, 0.2) is 3.92 Å². The minimum Gasteiger partial charge on any atom is -0.461 e. The molecule has 0 unspecified atom stereocenters. The van der Waals surface area contributed by atoms with Gasteiger partial charge in [-0.25, -0.2) is 4.98 Å². The zero-order valence-corrected chi connectivity index (χ0v) is 11.3. The Morgan fingerprint density at radius 3 is 2.76 bits per heavy atom. The minimum atomic E-state index is -0.231. The monoisotopic (exact) mass is 311 g/mol. The standard InChI is InChI=1S/C12H10BrNO2S/c13-12-14-7-10(17-12)6-11(15)16-8-9-4-2-1-3-5-9/h1-5,7H,6,8H2. The third kappa shape index (κ3) is 3.94. The van der Waals surface area contributed by atoms with E-state index in [1.165, 1.54) is 11.3 Å². The molecule has 1 aromatic heterocycles. The van der Waals surface area contributed by atoms with Crippen LogP contribution in [0.25, 0.3) is 0 Å². The van der Waals surface area contributed by atoms with Crippen LogP contribution in [0.5, 0.6) is 0 Å². The second-order valence-corrected chi connectivity index (χ2v) is 5.79. The lowest BCUT2D eigenvalue weighted by Gasteiger charge is -2.03. The number of rotatable bonds is 4. The predicted octanol–water partition coefficient (Wildman–Crippen LogP) is 3.19. The summed E-state index contributed by atoms with van der Waals surface area (Å²) in [7, 11) is 0. The first kappa shape index (κ1) is 12.3. The minimum absolute atomic E-state index is 0.231. The number of benzene rings is 1. The Morgan fingerprint density at radius 2 is 2.12 bits per heavy atom. The van der Waals surface area contributed by atoms with Gasteiger partial charge in [0.1, 0.15) is 6.61 Å². The largest absolute Gasteiger partial charge is 0.461 e. The maximum Gasteiger partial charge on any atom is 0.311 e. The number of ether oxygens (including phenoxy) is 1. The lowest BCUT2D eigenvalue weighted by Crippen LogP contribution is -2.06. The summed E-state index contributed by atoms with van der Waals surface area (Å²) in [5.74, 6) is -0.231. The Kier molecular flexibility index (Phi) is 4.28. The van der Waals surface area contributed by atoms with Gasteiger partial charge in [0, 0.05) is 11.1 Å². The summed E-state index contributed by atoms with van der Waals surface area (Å²) in [4.78, 5) is 16.4. The third-order valence-corrected chi connectivity index (χ3v) is 3.56. The first-order valence-corrected chi connectivity index (χ1v) is 6.65. The lowest BCUT2D eigenvalue weighted by molar-refractivity contribution is -0.144. The van der Waals surface area contributed by atoms with Crippen molar-refractivity contribution in [3.05, 3.63) is 50.9 Å². The molecule has 0 fully saturated rings. The maximum absolute atomic E-state index is 11.5. The molecule has 0 N–H and O–H groups in total. The van der Waals surface area contributed by atoms with Gasteiger partial charge in [0.25, 0.3) is 0 Å². The molecule has 3 nitrogen and oxygen atoms in total. The van der Waals surface area contributed by atoms with Gasteiger partial charge in [0.05, 0.1) is 6.42 Å². The highest BCUT2D eigenvalue weighted by atomic mass is 79.9. The number of carbonyl (C=O) groups excluding carboxylic acids is 1. The third-order valence-electron chi connectivity index (χ3n) is 2.09. The summed E-state index contributed by atoms with van der Waals surface area (Å²) in [6.45, 7) is 0.319. The topological polar surface area (TPSA) is 39.2 Å². The summed E-state index contributed by atoms with van der Waals surface area (Å²) in [5, 5.41) is 0. The van der Waals surface area contributed by atoms with Crippen molar-refractivity contribution in [2.45, 2.75) is 13.0 Å². The Morgan fingerprint density at radius 1 is 1.35 bits per heavy atom. The van der Waals surface area contributed by atoms with E-state index in [1.807, 2.05) is 30.3 Å². The van der Waals surface area contributed by atoms with Gasteiger partial charge in [-0.1, -0.05) is 30.3 Å². The highest BCUT2D eigenvalue weighted by Gasteiger charge is 2.07. The molecule has 0 saturated carbocycles. The Hall–Kier alpha value is -1.20. The molecule has 88 valence electrons. The molecule has 0 aliphatic heterocycles. The van der Waals surface area contributed by atoms with Crippen LogP contribution < -0.4 is 0 Å². The molecular weight excluding hydrogens is 302 g/mol. The second kappa shape index (κ2) is 5.93. The van der Waals surface area contributed by atoms with Crippen molar-refractivity contribution >= 4 is 33.2 Å². The van der Waals surface area contributed by atoms with E-state index in [0.29, 0.717) is 6.61 Å². The summed E-state index contributed by atoms with van der Waals surface area (Å²) < 4.78 is 5.95. The summed E-state index contributed by atoms with van der Waals surface area (Å²) in [6.07, 6.45) is 1.95. The molecule has 1 heterocycles. The number of esters is 1. The number of nitrogens with zero attached hydrogens (tertiary/aromatic N) is 1. The van der Waals surface area contributed by atoms with Gasteiger partial charge in [-0.15, -0.1) is 11.3 Å². The van der Waals surface area contributed by atoms with Crippen LogP contribution in [0, 0.1) is 0 Å². The van der Waals surface area contributed by atoms with Gasteiger partial charge in [-0.2, -0.15) is 0 Å². The van der Waals surface area contributed by atoms with Gasteiger partial charge >= 0.3 is 5.97 Å². The Balaban J connectivity index is 1.82. The molecule has 0 aliphatic rings. The maximum atomic E-state index is 11.5. The van der Waals surface area contributed by atoms with E-state index in [4.69, 9.17) is 4.74 Å². The Bertz CT molecular complexity index is 498. The van der Waals surface area contributed by atoms with Crippen molar-refractivity contribution in [3.63, 3.8) is 0 Å². The van der Waals surface area contributed by atoms with Crippen LogP contribution in [0.15, 0.2) is 40.4 Å². The van der Waals surface area contributed by atoms with Crippen LogP contribution in [-0.4, -0.2) is 11.0 Å². The summed E-state index contributed by atoms with van der Waals surface area (Å²) in [5.41, 5.74) is 0.992. The van der Waals surface area contributed by atoms with E-state index in [9.17, 15) is 4.79 Å². The number of hydrogen-bond donors (Lipinski definition) is 0. The Labute approximate surface area is 112 Å².